The van der Waals surface area contributed by atoms with E-state index in [0.29, 0.717) is 58.3 Å². The topological polar surface area (TPSA) is 122 Å². The van der Waals surface area contributed by atoms with Gasteiger partial charge in [-0.3, -0.25) is 19.1 Å². The van der Waals surface area contributed by atoms with E-state index in [4.69, 9.17) is 4.74 Å². The predicted octanol–water partition coefficient (Wildman–Crippen LogP) is 3.80. The zero-order valence-electron chi connectivity index (χ0n) is 28.5. The Morgan fingerprint density at radius 1 is 1.02 bits per heavy atom. The van der Waals surface area contributed by atoms with Gasteiger partial charge in [0.15, 0.2) is 5.82 Å². The van der Waals surface area contributed by atoms with Gasteiger partial charge in [-0.2, -0.15) is 0 Å². The molecule has 0 amide bonds. The van der Waals surface area contributed by atoms with Gasteiger partial charge in [0.1, 0.15) is 22.8 Å². The molecule has 0 unspecified atom stereocenters. The van der Waals surface area contributed by atoms with Crippen molar-refractivity contribution in [1.29, 1.82) is 0 Å². The Morgan fingerprint density at radius 2 is 1.84 bits per heavy atom. The molecule has 13 heteroatoms. The van der Waals surface area contributed by atoms with Crippen LogP contribution in [0.15, 0.2) is 64.8 Å². The number of pyridine rings is 3. The second-order valence-electron chi connectivity index (χ2n) is 13.8. The average molecular weight is 681 g/mol. The van der Waals surface area contributed by atoms with Gasteiger partial charge < -0.3 is 29.0 Å². The van der Waals surface area contributed by atoms with Crippen molar-refractivity contribution < 1.29 is 14.2 Å². The maximum atomic E-state index is 15.5. The molecule has 0 radical (unpaired) electrons. The maximum Gasteiger partial charge on any atom is 0.283 e. The van der Waals surface area contributed by atoms with Gasteiger partial charge in [-0.15, -0.1) is 0 Å². The van der Waals surface area contributed by atoms with E-state index in [9.17, 15) is 14.7 Å². The minimum atomic E-state index is -0.546. The Labute approximate surface area is 288 Å². The summed E-state index contributed by atoms with van der Waals surface area (Å²) in [5.74, 6) is 0.230. The number of fused-ring (bicyclic) bond motifs is 3. The lowest BCUT2D eigenvalue weighted by Gasteiger charge is -2.50. The third-order valence-electron chi connectivity index (χ3n) is 10.6. The number of piperazine rings is 1. The van der Waals surface area contributed by atoms with Crippen LogP contribution in [0.2, 0.25) is 0 Å². The number of hydrogen-bond acceptors (Lipinski definition) is 9. The highest BCUT2D eigenvalue weighted by Crippen LogP contribution is 2.31. The van der Waals surface area contributed by atoms with Crippen molar-refractivity contribution in [2.75, 3.05) is 36.5 Å². The molecular weight excluding hydrogens is 639 g/mol. The molecule has 0 aromatic carbocycles. The summed E-state index contributed by atoms with van der Waals surface area (Å²) >= 11 is 0. The number of aliphatic hydroxyl groups is 1. The molecule has 1 aliphatic carbocycles. The number of aliphatic hydroxyl groups excluding tert-OH is 1. The molecule has 7 heterocycles. The third-order valence-corrected chi connectivity index (χ3v) is 10.6. The first kappa shape index (κ1) is 32.4. The third kappa shape index (κ3) is 5.40. The van der Waals surface area contributed by atoms with Gasteiger partial charge in [0.2, 0.25) is 0 Å². The molecule has 8 rings (SSSR count). The van der Waals surface area contributed by atoms with Crippen LogP contribution in [-0.2, 0) is 31.2 Å². The Morgan fingerprint density at radius 3 is 2.58 bits per heavy atom. The molecule has 2 N–H and O–H groups in total. The molecule has 0 bridgehead atoms. The summed E-state index contributed by atoms with van der Waals surface area (Å²) in [6.07, 6.45) is 11.5. The van der Waals surface area contributed by atoms with E-state index in [-0.39, 0.29) is 16.9 Å². The van der Waals surface area contributed by atoms with Gasteiger partial charge in [0.25, 0.3) is 11.1 Å². The first-order chi connectivity index (χ1) is 24.2. The number of halogens is 1. The Hall–Kier alpha value is -4.85. The van der Waals surface area contributed by atoms with Crippen LogP contribution in [0, 0.1) is 5.82 Å². The van der Waals surface area contributed by atoms with Gasteiger partial charge in [-0.05, 0) is 69.4 Å². The summed E-state index contributed by atoms with van der Waals surface area (Å²) in [4.78, 5) is 41.1. The minimum absolute atomic E-state index is 0.0161. The molecule has 50 heavy (non-hydrogen) atoms. The fourth-order valence-electron chi connectivity index (χ4n) is 7.89. The molecule has 2 fully saturated rings. The lowest BCUT2D eigenvalue weighted by atomic mass is 9.98. The van der Waals surface area contributed by atoms with Crippen molar-refractivity contribution >= 4 is 22.7 Å². The van der Waals surface area contributed by atoms with Crippen LogP contribution in [0.4, 0.5) is 21.6 Å². The van der Waals surface area contributed by atoms with Crippen LogP contribution < -0.4 is 21.3 Å². The number of aromatic nitrogens is 5. The molecule has 260 valence electrons. The van der Waals surface area contributed by atoms with Gasteiger partial charge >= 0.3 is 0 Å². The van der Waals surface area contributed by atoms with E-state index >= 15 is 4.39 Å². The van der Waals surface area contributed by atoms with Crippen LogP contribution in [0.1, 0.15) is 43.5 Å². The monoisotopic (exact) mass is 680 g/mol. The van der Waals surface area contributed by atoms with E-state index < -0.39 is 18.0 Å². The second-order valence-corrected chi connectivity index (χ2v) is 13.8. The fourth-order valence-corrected chi connectivity index (χ4v) is 7.89. The number of hydrogen-bond donors (Lipinski definition) is 2. The number of nitrogens with zero attached hydrogens (tertiary/aromatic N) is 7. The second kappa shape index (κ2) is 12.8. The van der Waals surface area contributed by atoms with Gasteiger partial charge in [0.05, 0.1) is 37.7 Å². The predicted molar refractivity (Wildman–Crippen MR) is 189 cm³/mol. The SMILES string of the molecule is C[C@@H]1CN(c2ccc(Nc3cc(-c4ccnc(-n5ccn6c7c(c(F)c6c5=O)CCCC7)c4CO)cn(C)c3=O)nc2)[C@@H](C)CN1C1COC1. The molecule has 2 aliphatic heterocycles. The lowest BCUT2D eigenvalue weighted by molar-refractivity contribution is -0.0828. The highest BCUT2D eigenvalue weighted by molar-refractivity contribution is 5.73. The Kier molecular flexibility index (Phi) is 8.28. The summed E-state index contributed by atoms with van der Waals surface area (Å²) < 4.78 is 25.4. The fraction of sp³-hybridized carbons (Fsp3) is 0.405. The molecular formula is C37H41FN8O4. The number of anilines is 3. The zero-order valence-corrected chi connectivity index (χ0v) is 28.5. The molecule has 5 aromatic rings. The number of nitrogens with one attached hydrogen (secondary N) is 1. The zero-order chi connectivity index (χ0) is 34.7. The van der Waals surface area contributed by atoms with Crippen molar-refractivity contribution in [3.05, 3.63) is 98.6 Å². The van der Waals surface area contributed by atoms with Gasteiger partial charge in [-0.25, -0.2) is 14.4 Å². The summed E-state index contributed by atoms with van der Waals surface area (Å²) in [6, 6.07) is 8.53. The maximum absolute atomic E-state index is 15.5. The van der Waals surface area contributed by atoms with Crippen LogP contribution in [0.5, 0.6) is 0 Å². The van der Waals surface area contributed by atoms with Crippen molar-refractivity contribution in [1.82, 2.24) is 28.4 Å². The summed E-state index contributed by atoms with van der Waals surface area (Å²) in [5, 5.41) is 13.8. The van der Waals surface area contributed by atoms with Crippen LogP contribution in [0.3, 0.4) is 0 Å². The van der Waals surface area contributed by atoms with E-state index in [0.717, 1.165) is 56.9 Å². The molecule has 2 saturated heterocycles. The van der Waals surface area contributed by atoms with Crippen LogP contribution in [-0.4, -0.2) is 77.9 Å². The minimum Gasteiger partial charge on any atom is -0.392 e. The molecule has 2 atom stereocenters. The van der Waals surface area contributed by atoms with E-state index in [1.165, 1.54) is 9.13 Å². The molecule has 5 aromatic heterocycles. The summed E-state index contributed by atoms with van der Waals surface area (Å²) in [6.45, 7) is 7.49. The molecule has 0 spiro atoms. The van der Waals surface area contributed by atoms with Gasteiger partial charge in [0, 0.05) is 79.4 Å². The normalized spacial score (nSPS) is 19.8. The number of rotatable bonds is 7. The highest BCUT2D eigenvalue weighted by Gasteiger charge is 2.36. The first-order valence-corrected chi connectivity index (χ1v) is 17.3. The van der Waals surface area contributed by atoms with Crippen molar-refractivity contribution in [3.8, 4) is 16.9 Å². The lowest BCUT2D eigenvalue weighted by Crippen LogP contribution is -2.63. The summed E-state index contributed by atoms with van der Waals surface area (Å²) in [7, 11) is 1.65. The molecule has 12 nitrogen and oxygen atoms in total. The van der Waals surface area contributed by atoms with Crippen molar-refractivity contribution in [3.63, 3.8) is 0 Å². The smallest absolute Gasteiger partial charge is 0.283 e. The molecule has 0 saturated carbocycles. The Balaban J connectivity index is 1.09. The van der Waals surface area contributed by atoms with E-state index in [1.807, 2.05) is 18.3 Å². The highest BCUT2D eigenvalue weighted by atomic mass is 19.1. The number of ether oxygens (including phenoxy) is 1. The standard InChI is InChI=1S/C37H41FN8O4/c1-22-17-46(26-20-50-21-26)23(2)16-45(22)25-8-9-32(40-15-25)41-30-14-24(18-42(3)36(30)48)27-10-11-39-35(29(27)19-47)44-13-12-43-31-7-5-4-6-28(31)33(38)34(43)37(44)49/h8-15,18,22-23,26,47H,4-7,16-17,19-21H2,1-3H3,(H,40,41)/t22-,23+/m0/s1. The van der Waals surface area contributed by atoms with E-state index in [1.54, 1.807) is 48.4 Å². The first-order valence-electron chi connectivity index (χ1n) is 17.3. The largest absolute Gasteiger partial charge is 0.392 e. The van der Waals surface area contributed by atoms with E-state index in [2.05, 4.69) is 38.9 Å². The summed E-state index contributed by atoms with van der Waals surface area (Å²) in [5.41, 5.74) is 3.51. The van der Waals surface area contributed by atoms with Crippen molar-refractivity contribution in [2.45, 2.75) is 64.3 Å². The van der Waals surface area contributed by atoms with Gasteiger partial charge in [-0.1, -0.05) is 0 Å². The van der Waals surface area contributed by atoms with Crippen LogP contribution in [0.25, 0.3) is 22.5 Å². The van der Waals surface area contributed by atoms with Crippen molar-refractivity contribution in [2.24, 2.45) is 7.05 Å². The Bertz CT molecular complexity index is 2210. The average Bonchev–Trinajstić information content (AvgIpc) is 3.39. The number of aryl methyl sites for hydroxylation is 2. The molecule has 3 aliphatic rings. The quantitative estimate of drug-likeness (QED) is 0.265. The van der Waals surface area contributed by atoms with Crippen LogP contribution >= 0.6 is 0 Å².